The number of esters is 1. The van der Waals surface area contributed by atoms with Crippen LogP contribution in [0.5, 0.6) is 0 Å². The molecule has 6 nitrogen and oxygen atoms in total. The summed E-state index contributed by atoms with van der Waals surface area (Å²) in [4.78, 5) is 37.1. The first kappa shape index (κ1) is 19.8. The quantitative estimate of drug-likeness (QED) is 0.782. The molecule has 0 fully saturated rings. The molecule has 2 amide bonds. The highest BCUT2D eigenvalue weighted by Gasteiger charge is 2.21. The van der Waals surface area contributed by atoms with Crippen molar-refractivity contribution >= 4 is 52.4 Å². The Morgan fingerprint density at radius 2 is 1.69 bits per heavy atom. The van der Waals surface area contributed by atoms with E-state index in [0.29, 0.717) is 11.3 Å². The number of nitrogens with one attached hydrogen (secondary N) is 1. The van der Waals surface area contributed by atoms with E-state index in [1.165, 1.54) is 25.0 Å². The van der Waals surface area contributed by atoms with E-state index in [1.807, 2.05) is 0 Å². The van der Waals surface area contributed by atoms with Gasteiger partial charge in [-0.05, 0) is 30.3 Å². The van der Waals surface area contributed by atoms with E-state index >= 15 is 0 Å². The largest absolute Gasteiger partial charge is 0.465 e. The first-order valence-electron chi connectivity index (χ1n) is 7.54. The fourth-order valence-electron chi connectivity index (χ4n) is 2.28. The Labute approximate surface area is 160 Å². The minimum Gasteiger partial charge on any atom is -0.465 e. The average molecular weight is 395 g/mol. The predicted octanol–water partition coefficient (Wildman–Crippen LogP) is 3.77. The smallest absolute Gasteiger partial charge is 0.337 e. The molecule has 0 aliphatic heterocycles. The number of nitrogens with zero attached hydrogens (tertiary/aromatic N) is 1. The Kier molecular flexibility index (Phi) is 6.60. The number of carbonyl (C=O) groups is 3. The third-order valence-corrected chi connectivity index (χ3v) is 4.07. The highest BCUT2D eigenvalue weighted by atomic mass is 35.5. The zero-order valence-electron chi connectivity index (χ0n) is 14.1. The van der Waals surface area contributed by atoms with Crippen LogP contribution in [0.3, 0.4) is 0 Å². The number of amides is 2. The number of hydrogen-bond donors (Lipinski definition) is 1. The third kappa shape index (κ3) is 4.74. The SMILES string of the molecule is COC(=O)c1cccc(NC(=O)CN(C(C)=O)c2c(Cl)cccc2Cl)c1. The van der Waals surface area contributed by atoms with Crippen LogP contribution >= 0.6 is 23.2 Å². The first-order valence-corrected chi connectivity index (χ1v) is 8.29. The number of hydrogen-bond acceptors (Lipinski definition) is 4. The molecule has 0 aliphatic rings. The maximum absolute atomic E-state index is 12.4. The number of halogens is 2. The molecular weight excluding hydrogens is 379 g/mol. The molecule has 136 valence electrons. The van der Waals surface area contributed by atoms with Crippen molar-refractivity contribution in [1.82, 2.24) is 0 Å². The highest BCUT2D eigenvalue weighted by molar-refractivity contribution is 6.40. The van der Waals surface area contributed by atoms with Crippen LogP contribution < -0.4 is 10.2 Å². The van der Waals surface area contributed by atoms with Gasteiger partial charge in [-0.3, -0.25) is 9.59 Å². The molecule has 0 aromatic heterocycles. The summed E-state index contributed by atoms with van der Waals surface area (Å²) in [6, 6.07) is 11.1. The summed E-state index contributed by atoms with van der Waals surface area (Å²) in [6.45, 7) is 1.02. The third-order valence-electron chi connectivity index (χ3n) is 3.46. The molecule has 0 heterocycles. The molecule has 26 heavy (non-hydrogen) atoms. The topological polar surface area (TPSA) is 75.7 Å². The van der Waals surface area contributed by atoms with Gasteiger partial charge in [-0.15, -0.1) is 0 Å². The molecule has 0 saturated heterocycles. The van der Waals surface area contributed by atoms with Gasteiger partial charge in [0.15, 0.2) is 0 Å². The zero-order valence-corrected chi connectivity index (χ0v) is 15.6. The number of rotatable bonds is 5. The van der Waals surface area contributed by atoms with Crippen LogP contribution in [0.25, 0.3) is 0 Å². The average Bonchev–Trinajstić information content (AvgIpc) is 2.60. The summed E-state index contributed by atoms with van der Waals surface area (Å²) in [6.07, 6.45) is 0. The molecule has 2 aromatic carbocycles. The Morgan fingerprint density at radius 1 is 1.08 bits per heavy atom. The fraction of sp³-hybridized carbons (Fsp3) is 0.167. The lowest BCUT2D eigenvalue weighted by molar-refractivity contribution is -0.120. The number of para-hydroxylation sites is 1. The minimum atomic E-state index is -0.519. The van der Waals surface area contributed by atoms with E-state index < -0.39 is 17.8 Å². The van der Waals surface area contributed by atoms with Crippen LogP contribution in [0, 0.1) is 0 Å². The van der Waals surface area contributed by atoms with Crippen LogP contribution in [-0.4, -0.2) is 31.4 Å². The number of anilines is 2. The fourth-order valence-corrected chi connectivity index (χ4v) is 2.88. The molecule has 1 N–H and O–H groups in total. The van der Waals surface area contributed by atoms with Gasteiger partial charge in [0, 0.05) is 12.6 Å². The van der Waals surface area contributed by atoms with Gasteiger partial charge in [-0.1, -0.05) is 35.3 Å². The van der Waals surface area contributed by atoms with Gasteiger partial charge in [0.05, 0.1) is 28.4 Å². The molecule has 0 radical (unpaired) electrons. The molecule has 2 aromatic rings. The van der Waals surface area contributed by atoms with Gasteiger partial charge in [0.2, 0.25) is 11.8 Å². The maximum atomic E-state index is 12.4. The lowest BCUT2D eigenvalue weighted by atomic mass is 10.2. The van der Waals surface area contributed by atoms with Gasteiger partial charge in [0.25, 0.3) is 0 Å². The second-order valence-corrected chi connectivity index (χ2v) is 6.11. The summed E-state index contributed by atoms with van der Waals surface area (Å²) in [5.41, 5.74) is 0.955. The first-order chi connectivity index (χ1) is 12.3. The monoisotopic (exact) mass is 394 g/mol. The van der Waals surface area contributed by atoms with Crippen molar-refractivity contribution in [3.8, 4) is 0 Å². The summed E-state index contributed by atoms with van der Waals surface area (Å²) in [7, 11) is 1.27. The normalized spacial score (nSPS) is 10.2. The van der Waals surface area contributed by atoms with Crippen LogP contribution in [0.15, 0.2) is 42.5 Å². The van der Waals surface area contributed by atoms with Crippen molar-refractivity contribution < 1.29 is 19.1 Å². The van der Waals surface area contributed by atoms with Crippen molar-refractivity contribution in [2.45, 2.75) is 6.92 Å². The van der Waals surface area contributed by atoms with Crippen molar-refractivity contribution in [2.75, 3.05) is 23.9 Å². The van der Waals surface area contributed by atoms with Crippen molar-refractivity contribution in [3.63, 3.8) is 0 Å². The Balaban J connectivity index is 2.19. The Hall–Kier alpha value is -2.57. The van der Waals surface area contributed by atoms with E-state index in [2.05, 4.69) is 10.1 Å². The summed E-state index contributed by atoms with van der Waals surface area (Å²) in [5, 5.41) is 3.14. The van der Waals surface area contributed by atoms with Crippen LogP contribution in [0.2, 0.25) is 10.0 Å². The molecular formula is C18H16Cl2N2O4. The van der Waals surface area contributed by atoms with E-state index in [9.17, 15) is 14.4 Å². The maximum Gasteiger partial charge on any atom is 0.337 e. The summed E-state index contributed by atoms with van der Waals surface area (Å²) >= 11 is 12.2. The summed E-state index contributed by atoms with van der Waals surface area (Å²) in [5.74, 6) is -1.38. The molecule has 0 unspecified atom stereocenters. The van der Waals surface area contributed by atoms with E-state index in [-0.39, 0.29) is 22.3 Å². The molecule has 0 aliphatic carbocycles. The van der Waals surface area contributed by atoms with Crippen LogP contribution in [0.4, 0.5) is 11.4 Å². The van der Waals surface area contributed by atoms with E-state index in [0.717, 1.165) is 0 Å². The second kappa shape index (κ2) is 8.69. The number of carbonyl (C=O) groups excluding carboxylic acids is 3. The van der Waals surface area contributed by atoms with Gasteiger partial charge >= 0.3 is 5.97 Å². The zero-order chi connectivity index (χ0) is 19.3. The van der Waals surface area contributed by atoms with Gasteiger partial charge in [0.1, 0.15) is 6.54 Å². The lowest BCUT2D eigenvalue weighted by Gasteiger charge is -2.23. The van der Waals surface area contributed by atoms with E-state index in [1.54, 1.807) is 36.4 Å². The molecule has 0 spiro atoms. The van der Waals surface area contributed by atoms with Gasteiger partial charge < -0.3 is 15.0 Å². The highest BCUT2D eigenvalue weighted by Crippen LogP contribution is 2.33. The number of benzene rings is 2. The molecule has 8 heteroatoms. The van der Waals surface area contributed by atoms with Gasteiger partial charge in [-0.2, -0.15) is 0 Å². The number of ether oxygens (including phenoxy) is 1. The Bertz CT molecular complexity index is 835. The molecule has 0 atom stereocenters. The second-order valence-electron chi connectivity index (χ2n) is 5.30. The van der Waals surface area contributed by atoms with Crippen molar-refractivity contribution in [1.29, 1.82) is 0 Å². The Morgan fingerprint density at radius 3 is 2.27 bits per heavy atom. The van der Waals surface area contributed by atoms with Gasteiger partial charge in [-0.25, -0.2) is 4.79 Å². The van der Waals surface area contributed by atoms with Crippen molar-refractivity contribution in [3.05, 3.63) is 58.1 Å². The van der Waals surface area contributed by atoms with Crippen LogP contribution in [0.1, 0.15) is 17.3 Å². The molecule has 2 rings (SSSR count). The van der Waals surface area contributed by atoms with Crippen molar-refractivity contribution in [2.24, 2.45) is 0 Å². The minimum absolute atomic E-state index is 0.258. The molecule has 0 saturated carbocycles. The van der Waals surface area contributed by atoms with E-state index in [4.69, 9.17) is 23.2 Å². The summed E-state index contributed by atoms with van der Waals surface area (Å²) < 4.78 is 4.64. The molecule has 0 bridgehead atoms. The predicted molar refractivity (Wildman–Crippen MR) is 101 cm³/mol. The van der Waals surface area contributed by atoms with Crippen LogP contribution in [-0.2, 0) is 14.3 Å². The number of methoxy groups -OCH3 is 1. The lowest BCUT2D eigenvalue weighted by Crippen LogP contribution is -2.37. The standard InChI is InChI=1S/C18H16Cl2N2O4/c1-11(23)22(17-14(19)7-4-8-15(17)20)10-16(24)21-13-6-3-5-12(9-13)18(25)26-2/h3-9H,10H2,1-2H3,(H,21,24).